The molecule has 112 valence electrons. The van der Waals surface area contributed by atoms with Crippen LogP contribution in [0.15, 0.2) is 54.2 Å². The third-order valence-electron chi connectivity index (χ3n) is 2.76. The fourth-order valence-electron chi connectivity index (χ4n) is 1.73. The lowest BCUT2D eigenvalue weighted by Crippen LogP contribution is -2.27. The molecule has 2 aromatic rings. The second kappa shape index (κ2) is 7.11. The van der Waals surface area contributed by atoms with E-state index in [0.717, 1.165) is 0 Å². The van der Waals surface area contributed by atoms with E-state index in [4.69, 9.17) is 23.2 Å². The van der Waals surface area contributed by atoms with E-state index in [0.29, 0.717) is 10.6 Å². The van der Waals surface area contributed by atoms with E-state index < -0.39 is 11.9 Å². The monoisotopic (exact) mass is 335 g/mol. The summed E-state index contributed by atoms with van der Waals surface area (Å²) in [5.74, 6) is -1.87. The quantitative estimate of drug-likeness (QED) is 0.834. The highest BCUT2D eigenvalue weighted by Gasteiger charge is 2.16. The molecule has 4 nitrogen and oxygen atoms in total. The van der Waals surface area contributed by atoms with Gasteiger partial charge in [0, 0.05) is 5.02 Å². The number of hydrogen-bond acceptors (Lipinski definition) is 2. The Balaban J connectivity index is 2.27. The van der Waals surface area contributed by atoms with Gasteiger partial charge in [0.05, 0.1) is 10.6 Å². The molecule has 0 saturated carbocycles. The molecule has 6 heteroatoms. The summed E-state index contributed by atoms with van der Waals surface area (Å²) >= 11 is 11.7. The first kappa shape index (κ1) is 16.1. The van der Waals surface area contributed by atoms with Gasteiger partial charge >= 0.3 is 5.97 Å². The largest absolute Gasteiger partial charge is 0.477 e. The zero-order chi connectivity index (χ0) is 16.1. The summed E-state index contributed by atoms with van der Waals surface area (Å²) in [7, 11) is 0. The van der Waals surface area contributed by atoms with Crippen LogP contribution >= 0.6 is 23.2 Å². The van der Waals surface area contributed by atoms with Crippen LogP contribution in [0.5, 0.6) is 0 Å². The SMILES string of the molecule is O=C(O)C(=Cc1ccccc1)NC(=O)c1ccc(Cl)cc1Cl. The molecule has 0 unspecified atom stereocenters. The number of benzene rings is 2. The van der Waals surface area contributed by atoms with E-state index in [1.54, 1.807) is 24.3 Å². The van der Waals surface area contributed by atoms with Gasteiger partial charge in [0.2, 0.25) is 0 Å². The molecule has 0 aliphatic rings. The molecule has 2 rings (SSSR count). The van der Waals surface area contributed by atoms with Crippen LogP contribution in [0.3, 0.4) is 0 Å². The first-order valence-electron chi connectivity index (χ1n) is 6.24. The van der Waals surface area contributed by atoms with Crippen molar-refractivity contribution < 1.29 is 14.7 Å². The molecule has 0 aromatic heterocycles. The van der Waals surface area contributed by atoms with Crippen LogP contribution in [0.4, 0.5) is 0 Å². The number of aliphatic carboxylic acids is 1. The maximum atomic E-state index is 12.1. The lowest BCUT2D eigenvalue weighted by molar-refractivity contribution is -0.132. The molecule has 0 aliphatic carbocycles. The van der Waals surface area contributed by atoms with Crippen molar-refractivity contribution in [1.29, 1.82) is 0 Å². The Kier molecular flexibility index (Phi) is 5.20. The molecule has 0 radical (unpaired) electrons. The number of hydrogen-bond donors (Lipinski definition) is 2. The van der Waals surface area contributed by atoms with Crippen molar-refractivity contribution in [3.05, 3.63) is 75.4 Å². The van der Waals surface area contributed by atoms with Gasteiger partial charge < -0.3 is 10.4 Å². The molecule has 0 aliphatic heterocycles. The average Bonchev–Trinajstić information content (AvgIpc) is 2.47. The minimum absolute atomic E-state index is 0.145. The Morgan fingerprint density at radius 1 is 1.05 bits per heavy atom. The summed E-state index contributed by atoms with van der Waals surface area (Å²) < 4.78 is 0. The molecule has 0 saturated heterocycles. The minimum atomic E-state index is -1.25. The van der Waals surface area contributed by atoms with Crippen molar-refractivity contribution in [1.82, 2.24) is 5.32 Å². The maximum absolute atomic E-state index is 12.1. The molecule has 0 spiro atoms. The molecule has 0 atom stereocenters. The van der Waals surface area contributed by atoms with Crippen molar-refractivity contribution >= 4 is 41.2 Å². The third-order valence-corrected chi connectivity index (χ3v) is 3.31. The second-order valence-corrected chi connectivity index (χ2v) is 5.20. The molecular formula is C16H11Cl2NO3. The van der Waals surface area contributed by atoms with Gasteiger partial charge in [-0.05, 0) is 29.8 Å². The summed E-state index contributed by atoms with van der Waals surface area (Å²) in [6.45, 7) is 0. The van der Waals surface area contributed by atoms with Crippen LogP contribution in [-0.4, -0.2) is 17.0 Å². The number of carbonyl (C=O) groups is 2. The third kappa shape index (κ3) is 4.10. The van der Waals surface area contributed by atoms with Crippen molar-refractivity contribution in [2.45, 2.75) is 0 Å². The van der Waals surface area contributed by atoms with E-state index in [1.807, 2.05) is 6.07 Å². The standard InChI is InChI=1S/C16H11Cl2NO3/c17-11-6-7-12(13(18)9-11)15(20)19-14(16(21)22)8-10-4-2-1-3-5-10/h1-9H,(H,19,20)(H,21,22). The predicted molar refractivity (Wildman–Crippen MR) is 86.0 cm³/mol. The number of rotatable bonds is 4. The molecule has 0 fully saturated rings. The van der Waals surface area contributed by atoms with Crippen LogP contribution in [0, 0.1) is 0 Å². The smallest absolute Gasteiger partial charge is 0.352 e. The number of carboxylic acid groups (broad SMARTS) is 1. The molecule has 0 bridgehead atoms. The normalized spacial score (nSPS) is 11.1. The summed E-state index contributed by atoms with van der Waals surface area (Å²) in [4.78, 5) is 23.4. The fraction of sp³-hybridized carbons (Fsp3) is 0. The first-order chi connectivity index (χ1) is 10.5. The van der Waals surface area contributed by atoms with Crippen LogP contribution in [0.25, 0.3) is 6.08 Å². The Labute approximate surface area is 137 Å². The molecule has 22 heavy (non-hydrogen) atoms. The Morgan fingerprint density at radius 3 is 2.32 bits per heavy atom. The van der Waals surface area contributed by atoms with Gasteiger partial charge in [-0.2, -0.15) is 0 Å². The van der Waals surface area contributed by atoms with Gasteiger partial charge in [0.1, 0.15) is 5.70 Å². The maximum Gasteiger partial charge on any atom is 0.352 e. The lowest BCUT2D eigenvalue weighted by Gasteiger charge is -2.08. The number of halogens is 2. The van der Waals surface area contributed by atoms with E-state index in [-0.39, 0.29) is 16.3 Å². The topological polar surface area (TPSA) is 66.4 Å². The van der Waals surface area contributed by atoms with Crippen molar-refractivity contribution in [2.24, 2.45) is 0 Å². The number of amides is 1. The van der Waals surface area contributed by atoms with Gasteiger partial charge in [-0.25, -0.2) is 4.79 Å². The predicted octanol–water partition coefficient (Wildman–Crippen LogP) is 3.85. The van der Waals surface area contributed by atoms with Gasteiger partial charge in [-0.1, -0.05) is 53.5 Å². The first-order valence-corrected chi connectivity index (χ1v) is 6.99. The Hall–Kier alpha value is -2.30. The summed E-state index contributed by atoms with van der Waals surface area (Å²) in [6, 6.07) is 13.1. The molecular weight excluding hydrogens is 325 g/mol. The highest BCUT2D eigenvalue weighted by Crippen LogP contribution is 2.21. The Morgan fingerprint density at radius 2 is 1.73 bits per heavy atom. The van der Waals surface area contributed by atoms with Crippen molar-refractivity contribution in [2.75, 3.05) is 0 Å². The molecule has 1 amide bonds. The summed E-state index contributed by atoms with van der Waals surface area (Å²) in [5.41, 5.74) is 0.552. The summed E-state index contributed by atoms with van der Waals surface area (Å²) in [6.07, 6.45) is 1.37. The highest BCUT2D eigenvalue weighted by molar-refractivity contribution is 6.36. The highest BCUT2D eigenvalue weighted by atomic mass is 35.5. The van der Waals surface area contributed by atoms with Crippen LogP contribution in [0.1, 0.15) is 15.9 Å². The lowest BCUT2D eigenvalue weighted by atomic mass is 10.1. The number of carboxylic acids is 1. The zero-order valence-electron chi connectivity index (χ0n) is 11.2. The van der Waals surface area contributed by atoms with Crippen LogP contribution in [0.2, 0.25) is 10.0 Å². The fourth-order valence-corrected chi connectivity index (χ4v) is 2.22. The molecule has 2 aromatic carbocycles. The van der Waals surface area contributed by atoms with Gasteiger partial charge in [-0.15, -0.1) is 0 Å². The van der Waals surface area contributed by atoms with E-state index in [2.05, 4.69) is 5.32 Å². The Bertz CT molecular complexity index is 742. The van der Waals surface area contributed by atoms with Gasteiger partial charge in [0.15, 0.2) is 0 Å². The zero-order valence-corrected chi connectivity index (χ0v) is 12.7. The van der Waals surface area contributed by atoms with Crippen molar-refractivity contribution in [3.8, 4) is 0 Å². The van der Waals surface area contributed by atoms with Crippen LogP contribution < -0.4 is 5.32 Å². The molecule has 2 N–H and O–H groups in total. The number of nitrogens with one attached hydrogen (secondary N) is 1. The van der Waals surface area contributed by atoms with Gasteiger partial charge in [-0.3, -0.25) is 4.79 Å². The number of carbonyl (C=O) groups excluding carboxylic acids is 1. The average molecular weight is 336 g/mol. The van der Waals surface area contributed by atoms with E-state index in [9.17, 15) is 14.7 Å². The van der Waals surface area contributed by atoms with Crippen LogP contribution in [-0.2, 0) is 4.79 Å². The molecule has 0 heterocycles. The van der Waals surface area contributed by atoms with Gasteiger partial charge in [0.25, 0.3) is 5.91 Å². The summed E-state index contributed by atoms with van der Waals surface area (Å²) in [5, 5.41) is 12.1. The van der Waals surface area contributed by atoms with E-state index in [1.165, 1.54) is 24.3 Å². The second-order valence-electron chi connectivity index (χ2n) is 4.35. The minimum Gasteiger partial charge on any atom is -0.477 e. The van der Waals surface area contributed by atoms with Crippen molar-refractivity contribution in [3.63, 3.8) is 0 Å². The van der Waals surface area contributed by atoms with E-state index >= 15 is 0 Å².